The maximum absolute atomic E-state index is 12.2. The highest BCUT2D eigenvalue weighted by Crippen LogP contribution is 2.27. The number of nitrogens with zero attached hydrogens (tertiary/aromatic N) is 1. The summed E-state index contributed by atoms with van der Waals surface area (Å²) in [6.07, 6.45) is 2.79. The summed E-state index contributed by atoms with van der Waals surface area (Å²) in [5.74, 6) is 0.0250. The van der Waals surface area contributed by atoms with Crippen molar-refractivity contribution in [2.45, 2.75) is 36.6 Å². The average Bonchev–Trinajstić information content (AvgIpc) is 2.76. The molecule has 0 aliphatic carbocycles. The lowest BCUT2D eigenvalue weighted by Crippen LogP contribution is -2.31. The molecule has 1 atom stereocenters. The van der Waals surface area contributed by atoms with E-state index in [1.807, 2.05) is 30.3 Å². The molecule has 1 unspecified atom stereocenters. The molecule has 1 amide bonds. The summed E-state index contributed by atoms with van der Waals surface area (Å²) in [5.41, 5.74) is 2.01. The number of nitrogens with one attached hydrogen (secondary N) is 2. The van der Waals surface area contributed by atoms with Crippen molar-refractivity contribution in [3.63, 3.8) is 0 Å². The number of aromatic amines is 1. The van der Waals surface area contributed by atoms with Gasteiger partial charge in [-0.15, -0.1) is 0 Å². The maximum Gasteiger partial charge on any atom is 0.255 e. The molecule has 6 heteroatoms. The first-order chi connectivity index (χ1) is 11.1. The van der Waals surface area contributed by atoms with Crippen LogP contribution in [0.4, 0.5) is 0 Å². The summed E-state index contributed by atoms with van der Waals surface area (Å²) in [4.78, 5) is 31.7. The van der Waals surface area contributed by atoms with E-state index in [1.165, 1.54) is 11.8 Å². The van der Waals surface area contributed by atoms with Crippen LogP contribution in [-0.2, 0) is 4.79 Å². The minimum atomic E-state index is -0.202. The van der Waals surface area contributed by atoms with Crippen molar-refractivity contribution in [3.8, 4) is 11.3 Å². The van der Waals surface area contributed by atoms with Crippen LogP contribution < -0.4 is 10.9 Å². The summed E-state index contributed by atoms with van der Waals surface area (Å²) in [7, 11) is 0. The lowest BCUT2D eigenvalue weighted by atomic mass is 10.1. The van der Waals surface area contributed by atoms with Gasteiger partial charge in [0.25, 0.3) is 5.56 Å². The van der Waals surface area contributed by atoms with E-state index in [1.54, 1.807) is 6.92 Å². The third-order valence-corrected chi connectivity index (χ3v) is 5.07. The van der Waals surface area contributed by atoms with Crippen molar-refractivity contribution in [1.82, 2.24) is 15.3 Å². The molecule has 2 heterocycles. The number of thioether (sulfide) groups is 1. The quantitative estimate of drug-likeness (QED) is 0.849. The van der Waals surface area contributed by atoms with Crippen LogP contribution in [-0.4, -0.2) is 27.7 Å². The van der Waals surface area contributed by atoms with Gasteiger partial charge in [0.05, 0.1) is 10.9 Å². The Labute approximate surface area is 138 Å². The van der Waals surface area contributed by atoms with Crippen molar-refractivity contribution in [1.29, 1.82) is 0 Å². The summed E-state index contributed by atoms with van der Waals surface area (Å²) < 4.78 is 0. The SMILES string of the molecule is Cc1c(-c2ccccc2)nc(SC2CCCCNC2=O)[nH]c1=O. The predicted octanol–water partition coefficient (Wildman–Crippen LogP) is 2.51. The van der Waals surface area contributed by atoms with E-state index < -0.39 is 0 Å². The second kappa shape index (κ2) is 7.00. The van der Waals surface area contributed by atoms with Crippen LogP contribution in [0.2, 0.25) is 0 Å². The van der Waals surface area contributed by atoms with E-state index in [0.717, 1.165) is 31.4 Å². The van der Waals surface area contributed by atoms with E-state index in [0.29, 0.717) is 16.4 Å². The Bertz CT molecular complexity index is 758. The molecule has 3 rings (SSSR count). The van der Waals surface area contributed by atoms with Crippen LogP contribution in [0.3, 0.4) is 0 Å². The van der Waals surface area contributed by atoms with Crippen LogP contribution in [0.5, 0.6) is 0 Å². The van der Waals surface area contributed by atoms with Gasteiger partial charge in [-0.3, -0.25) is 9.59 Å². The van der Waals surface area contributed by atoms with Gasteiger partial charge < -0.3 is 10.3 Å². The van der Waals surface area contributed by atoms with Gasteiger partial charge in [-0.2, -0.15) is 0 Å². The number of amides is 1. The number of rotatable bonds is 3. The minimum absolute atomic E-state index is 0.0250. The van der Waals surface area contributed by atoms with Crippen molar-refractivity contribution in [2.75, 3.05) is 6.54 Å². The molecule has 0 saturated carbocycles. The van der Waals surface area contributed by atoms with Crippen molar-refractivity contribution in [2.24, 2.45) is 0 Å². The van der Waals surface area contributed by atoms with Gasteiger partial charge in [-0.05, 0) is 19.8 Å². The molecule has 2 N–H and O–H groups in total. The summed E-state index contributed by atoms with van der Waals surface area (Å²) >= 11 is 1.34. The summed E-state index contributed by atoms with van der Waals surface area (Å²) in [6.45, 7) is 2.49. The summed E-state index contributed by atoms with van der Waals surface area (Å²) in [5, 5.41) is 3.21. The third-order valence-electron chi connectivity index (χ3n) is 3.92. The molecule has 2 aromatic rings. The number of carbonyl (C=O) groups excluding carboxylic acids is 1. The molecule has 0 bridgehead atoms. The van der Waals surface area contributed by atoms with E-state index >= 15 is 0 Å². The van der Waals surface area contributed by atoms with Gasteiger partial charge in [0.15, 0.2) is 5.16 Å². The van der Waals surface area contributed by atoms with Crippen LogP contribution in [0.15, 0.2) is 40.3 Å². The Balaban J connectivity index is 1.93. The fraction of sp³-hybridized carbons (Fsp3) is 0.353. The highest BCUT2D eigenvalue weighted by molar-refractivity contribution is 8.00. The van der Waals surface area contributed by atoms with E-state index in [9.17, 15) is 9.59 Å². The molecule has 23 heavy (non-hydrogen) atoms. The fourth-order valence-electron chi connectivity index (χ4n) is 2.60. The van der Waals surface area contributed by atoms with Gasteiger partial charge in [-0.25, -0.2) is 4.98 Å². The van der Waals surface area contributed by atoms with E-state index in [4.69, 9.17) is 0 Å². The zero-order valence-electron chi connectivity index (χ0n) is 13.0. The number of hydrogen-bond donors (Lipinski definition) is 2. The Morgan fingerprint density at radius 2 is 1.96 bits per heavy atom. The topological polar surface area (TPSA) is 74.8 Å². The molecule has 0 radical (unpaired) electrons. The molecule has 0 spiro atoms. The lowest BCUT2D eigenvalue weighted by Gasteiger charge is -2.13. The molecule has 1 aliphatic rings. The van der Waals surface area contributed by atoms with Crippen LogP contribution in [0.1, 0.15) is 24.8 Å². The van der Waals surface area contributed by atoms with E-state index in [2.05, 4.69) is 15.3 Å². The number of aromatic nitrogens is 2. The second-order valence-corrected chi connectivity index (χ2v) is 6.80. The first-order valence-electron chi connectivity index (χ1n) is 7.76. The molecule has 1 aliphatic heterocycles. The van der Waals surface area contributed by atoms with Gasteiger partial charge in [-0.1, -0.05) is 48.5 Å². The van der Waals surface area contributed by atoms with Gasteiger partial charge in [0, 0.05) is 17.7 Å². The number of H-pyrrole nitrogens is 1. The number of hydrogen-bond acceptors (Lipinski definition) is 4. The van der Waals surface area contributed by atoms with Gasteiger partial charge in [0.2, 0.25) is 5.91 Å². The maximum atomic E-state index is 12.2. The predicted molar refractivity (Wildman–Crippen MR) is 91.5 cm³/mol. The van der Waals surface area contributed by atoms with Crippen LogP contribution in [0.25, 0.3) is 11.3 Å². The average molecular weight is 329 g/mol. The molecule has 1 aromatic carbocycles. The second-order valence-electron chi connectivity index (χ2n) is 5.60. The highest BCUT2D eigenvalue weighted by Gasteiger charge is 2.23. The molecular formula is C17H19N3O2S. The monoisotopic (exact) mass is 329 g/mol. The normalized spacial score (nSPS) is 18.3. The van der Waals surface area contributed by atoms with Crippen molar-refractivity contribution >= 4 is 17.7 Å². The molecular weight excluding hydrogens is 310 g/mol. The molecule has 1 saturated heterocycles. The number of benzene rings is 1. The largest absolute Gasteiger partial charge is 0.355 e. The van der Waals surface area contributed by atoms with E-state index in [-0.39, 0.29) is 16.7 Å². The van der Waals surface area contributed by atoms with Crippen molar-refractivity contribution in [3.05, 3.63) is 46.2 Å². The summed E-state index contributed by atoms with van der Waals surface area (Å²) in [6, 6.07) is 9.63. The lowest BCUT2D eigenvalue weighted by molar-refractivity contribution is -0.120. The van der Waals surface area contributed by atoms with Crippen LogP contribution >= 0.6 is 11.8 Å². The zero-order valence-corrected chi connectivity index (χ0v) is 13.8. The highest BCUT2D eigenvalue weighted by atomic mass is 32.2. The smallest absolute Gasteiger partial charge is 0.255 e. The molecule has 120 valence electrons. The van der Waals surface area contributed by atoms with Crippen molar-refractivity contribution < 1.29 is 4.79 Å². The first kappa shape index (κ1) is 15.8. The number of carbonyl (C=O) groups is 1. The Kier molecular flexibility index (Phi) is 4.81. The van der Waals surface area contributed by atoms with Crippen LogP contribution in [0, 0.1) is 6.92 Å². The zero-order chi connectivity index (χ0) is 16.2. The third kappa shape index (κ3) is 3.64. The Hall–Kier alpha value is -2.08. The minimum Gasteiger partial charge on any atom is -0.355 e. The Morgan fingerprint density at radius 1 is 1.17 bits per heavy atom. The van der Waals surface area contributed by atoms with Gasteiger partial charge in [0.1, 0.15) is 0 Å². The standard InChI is InChI=1S/C17H19N3O2S/c1-11-14(12-7-3-2-4-8-12)19-17(20-15(11)21)23-13-9-5-6-10-18-16(13)22/h2-4,7-8,13H,5-6,9-10H2,1H3,(H,18,22)(H,19,20,21). The molecule has 1 aromatic heterocycles. The molecule has 5 nitrogen and oxygen atoms in total. The van der Waals surface area contributed by atoms with Gasteiger partial charge >= 0.3 is 0 Å². The fourth-order valence-corrected chi connectivity index (χ4v) is 3.64. The molecule has 1 fully saturated rings. The first-order valence-corrected chi connectivity index (χ1v) is 8.64. The Morgan fingerprint density at radius 3 is 2.74 bits per heavy atom.